The Kier molecular flexibility index (Phi) is 6.95. The number of rotatable bonds is 6. The highest BCUT2D eigenvalue weighted by Gasteiger charge is 2.47. The SMILES string of the molecule is CC(C)NC(=O)[C@]1(Cc2ccccc2-c2ccccc2)CCN(C(=O)[C@@H]2CCCCO2)C1. The summed E-state index contributed by atoms with van der Waals surface area (Å²) >= 11 is 0. The Hall–Kier alpha value is -2.66. The second-order valence-corrected chi connectivity index (χ2v) is 9.47. The molecule has 2 fully saturated rings. The number of nitrogens with zero attached hydrogens (tertiary/aromatic N) is 1. The number of carbonyl (C=O) groups is 2. The van der Waals surface area contributed by atoms with Crippen LogP contribution in [0.25, 0.3) is 11.1 Å². The molecule has 2 amide bonds. The third kappa shape index (κ3) is 4.88. The summed E-state index contributed by atoms with van der Waals surface area (Å²) in [7, 11) is 0. The summed E-state index contributed by atoms with van der Waals surface area (Å²) in [5, 5.41) is 3.14. The molecule has 2 heterocycles. The predicted octanol–water partition coefficient (Wildman–Crippen LogP) is 4.21. The van der Waals surface area contributed by atoms with Crippen molar-refractivity contribution in [1.29, 1.82) is 0 Å². The number of nitrogens with one attached hydrogen (secondary N) is 1. The van der Waals surface area contributed by atoms with Gasteiger partial charge in [-0.1, -0.05) is 54.6 Å². The smallest absolute Gasteiger partial charge is 0.251 e. The zero-order valence-electron chi connectivity index (χ0n) is 19.2. The first-order valence-electron chi connectivity index (χ1n) is 11.8. The highest BCUT2D eigenvalue weighted by Crippen LogP contribution is 2.38. The van der Waals surface area contributed by atoms with Crippen LogP contribution in [0.1, 0.15) is 45.1 Å². The van der Waals surface area contributed by atoms with E-state index in [1.165, 1.54) is 0 Å². The summed E-state index contributed by atoms with van der Waals surface area (Å²) < 4.78 is 5.75. The molecule has 4 rings (SSSR count). The molecule has 0 unspecified atom stereocenters. The van der Waals surface area contributed by atoms with Gasteiger partial charge < -0.3 is 15.0 Å². The largest absolute Gasteiger partial charge is 0.368 e. The van der Waals surface area contributed by atoms with E-state index in [0.29, 0.717) is 32.5 Å². The van der Waals surface area contributed by atoms with Crippen molar-refractivity contribution in [3.63, 3.8) is 0 Å². The van der Waals surface area contributed by atoms with Crippen LogP contribution in [0.15, 0.2) is 54.6 Å². The molecule has 1 N–H and O–H groups in total. The van der Waals surface area contributed by atoms with Gasteiger partial charge in [0, 0.05) is 25.7 Å². The minimum Gasteiger partial charge on any atom is -0.368 e. The number of ether oxygens (including phenoxy) is 1. The lowest BCUT2D eigenvalue weighted by molar-refractivity contribution is -0.146. The molecule has 2 atom stereocenters. The molecular formula is C27H34N2O3. The van der Waals surface area contributed by atoms with Gasteiger partial charge in [0.25, 0.3) is 5.91 Å². The second-order valence-electron chi connectivity index (χ2n) is 9.47. The molecule has 2 aliphatic rings. The molecule has 170 valence electrons. The summed E-state index contributed by atoms with van der Waals surface area (Å²) in [5.41, 5.74) is 2.79. The summed E-state index contributed by atoms with van der Waals surface area (Å²) in [6.07, 6.45) is 3.72. The molecule has 0 bridgehead atoms. The van der Waals surface area contributed by atoms with Crippen LogP contribution < -0.4 is 5.32 Å². The monoisotopic (exact) mass is 434 g/mol. The zero-order valence-corrected chi connectivity index (χ0v) is 19.2. The number of carbonyl (C=O) groups excluding carboxylic acids is 2. The van der Waals surface area contributed by atoms with E-state index < -0.39 is 5.41 Å². The van der Waals surface area contributed by atoms with Crippen LogP contribution in [0.4, 0.5) is 0 Å². The van der Waals surface area contributed by atoms with E-state index in [4.69, 9.17) is 4.74 Å². The molecule has 0 radical (unpaired) electrons. The number of amides is 2. The van der Waals surface area contributed by atoms with E-state index in [9.17, 15) is 9.59 Å². The Morgan fingerprint density at radius 3 is 2.56 bits per heavy atom. The number of hydrogen-bond acceptors (Lipinski definition) is 3. The minimum atomic E-state index is -0.639. The maximum Gasteiger partial charge on any atom is 0.251 e. The van der Waals surface area contributed by atoms with Gasteiger partial charge in [0.05, 0.1) is 5.41 Å². The van der Waals surface area contributed by atoms with E-state index in [0.717, 1.165) is 36.0 Å². The van der Waals surface area contributed by atoms with Gasteiger partial charge in [-0.2, -0.15) is 0 Å². The van der Waals surface area contributed by atoms with Crippen molar-refractivity contribution >= 4 is 11.8 Å². The maximum atomic E-state index is 13.5. The van der Waals surface area contributed by atoms with Crippen molar-refractivity contribution in [2.75, 3.05) is 19.7 Å². The summed E-state index contributed by atoms with van der Waals surface area (Å²) in [5.74, 6) is 0.0792. The van der Waals surface area contributed by atoms with Crippen LogP contribution in [0, 0.1) is 5.41 Å². The average Bonchev–Trinajstić information content (AvgIpc) is 3.25. The van der Waals surface area contributed by atoms with Crippen molar-refractivity contribution in [2.45, 2.75) is 58.1 Å². The lowest BCUT2D eigenvalue weighted by Gasteiger charge is -2.31. The van der Waals surface area contributed by atoms with Crippen molar-refractivity contribution < 1.29 is 14.3 Å². The van der Waals surface area contributed by atoms with Gasteiger partial charge in [0.15, 0.2) is 0 Å². The average molecular weight is 435 g/mol. The van der Waals surface area contributed by atoms with E-state index in [-0.39, 0.29) is 24.0 Å². The molecule has 32 heavy (non-hydrogen) atoms. The Labute approximate surface area is 191 Å². The third-order valence-electron chi connectivity index (χ3n) is 6.65. The van der Waals surface area contributed by atoms with Gasteiger partial charge in [0.2, 0.25) is 5.91 Å². The summed E-state index contributed by atoms with van der Waals surface area (Å²) in [6.45, 7) is 5.65. The molecular weight excluding hydrogens is 400 g/mol. The molecule has 2 aliphatic heterocycles. The number of benzene rings is 2. The molecule has 0 aliphatic carbocycles. The molecule has 0 aromatic heterocycles. The highest BCUT2D eigenvalue weighted by atomic mass is 16.5. The van der Waals surface area contributed by atoms with Crippen molar-refractivity contribution in [3.8, 4) is 11.1 Å². The normalized spacial score (nSPS) is 23.3. The van der Waals surface area contributed by atoms with Gasteiger partial charge in [-0.25, -0.2) is 0 Å². The minimum absolute atomic E-state index is 0.0372. The fraction of sp³-hybridized carbons (Fsp3) is 0.481. The van der Waals surface area contributed by atoms with Crippen molar-refractivity contribution in [1.82, 2.24) is 10.2 Å². The van der Waals surface area contributed by atoms with Crippen LogP contribution in [0.5, 0.6) is 0 Å². The Morgan fingerprint density at radius 2 is 1.84 bits per heavy atom. The first-order chi connectivity index (χ1) is 15.5. The Balaban J connectivity index is 1.61. The lowest BCUT2D eigenvalue weighted by atomic mass is 9.78. The van der Waals surface area contributed by atoms with Gasteiger partial charge in [-0.15, -0.1) is 0 Å². The Morgan fingerprint density at radius 1 is 1.09 bits per heavy atom. The van der Waals surface area contributed by atoms with Gasteiger partial charge in [-0.3, -0.25) is 9.59 Å². The number of hydrogen-bond donors (Lipinski definition) is 1. The molecule has 0 spiro atoms. The molecule has 0 saturated carbocycles. The summed E-state index contributed by atoms with van der Waals surface area (Å²) in [4.78, 5) is 28.5. The Bertz CT molecular complexity index is 937. The highest BCUT2D eigenvalue weighted by molar-refractivity contribution is 5.87. The van der Waals surface area contributed by atoms with E-state index in [1.54, 1.807) is 0 Å². The topological polar surface area (TPSA) is 58.6 Å². The standard InChI is InChI=1S/C27H34N2O3/c1-20(2)28-26(31)27(15-16-29(19-27)25(30)24-14-8-9-17-32-24)18-22-12-6-7-13-23(22)21-10-4-3-5-11-21/h3-7,10-13,20,24H,8-9,14-19H2,1-2H3,(H,28,31)/t24-,27-/m0/s1. The van der Waals surface area contributed by atoms with E-state index >= 15 is 0 Å². The quantitative estimate of drug-likeness (QED) is 0.741. The van der Waals surface area contributed by atoms with Gasteiger partial charge >= 0.3 is 0 Å². The van der Waals surface area contributed by atoms with Crippen LogP contribution in [-0.4, -0.2) is 48.6 Å². The molecule has 5 heteroatoms. The number of likely N-dealkylation sites (tertiary alicyclic amines) is 1. The second kappa shape index (κ2) is 9.86. The van der Waals surface area contributed by atoms with Crippen LogP contribution in [0.2, 0.25) is 0 Å². The maximum absolute atomic E-state index is 13.5. The molecule has 5 nitrogen and oxygen atoms in total. The van der Waals surface area contributed by atoms with Crippen LogP contribution in [0.3, 0.4) is 0 Å². The predicted molar refractivity (Wildman–Crippen MR) is 126 cm³/mol. The first-order valence-corrected chi connectivity index (χ1v) is 11.8. The fourth-order valence-electron chi connectivity index (χ4n) is 4.96. The van der Waals surface area contributed by atoms with Crippen LogP contribution >= 0.6 is 0 Å². The van der Waals surface area contributed by atoms with Gasteiger partial charge in [0.1, 0.15) is 6.10 Å². The van der Waals surface area contributed by atoms with Crippen molar-refractivity contribution in [2.24, 2.45) is 5.41 Å². The fourth-order valence-corrected chi connectivity index (χ4v) is 4.96. The van der Waals surface area contributed by atoms with Crippen LogP contribution in [-0.2, 0) is 20.7 Å². The zero-order chi connectivity index (χ0) is 22.6. The van der Waals surface area contributed by atoms with E-state index in [1.807, 2.05) is 49.1 Å². The van der Waals surface area contributed by atoms with Crippen molar-refractivity contribution in [3.05, 3.63) is 60.2 Å². The summed E-state index contributed by atoms with van der Waals surface area (Å²) in [6, 6.07) is 18.6. The lowest BCUT2D eigenvalue weighted by Crippen LogP contribution is -2.48. The van der Waals surface area contributed by atoms with Gasteiger partial charge in [-0.05, 0) is 62.6 Å². The molecule has 2 saturated heterocycles. The molecule has 2 aromatic carbocycles. The first kappa shape index (κ1) is 22.5. The molecule has 2 aromatic rings. The third-order valence-corrected chi connectivity index (χ3v) is 6.65. The van der Waals surface area contributed by atoms with E-state index in [2.05, 4.69) is 29.6 Å².